The number of carbonyl (C=O) groups is 1. The molecule has 0 amide bonds. The number of hydrogen-bond donors (Lipinski definition) is 0. The van der Waals surface area contributed by atoms with Crippen molar-refractivity contribution in [3.8, 4) is 5.75 Å². The first-order chi connectivity index (χ1) is 15.1. The Kier molecular flexibility index (Phi) is 7.23. The minimum atomic E-state index is -0.451. The number of halogens is 1. The van der Waals surface area contributed by atoms with Gasteiger partial charge in [-0.15, -0.1) is 0 Å². The van der Waals surface area contributed by atoms with E-state index in [1.165, 1.54) is 44.4 Å². The summed E-state index contributed by atoms with van der Waals surface area (Å²) >= 11 is 0. The van der Waals surface area contributed by atoms with Crippen LogP contribution in [-0.4, -0.2) is 44.2 Å². The number of methoxy groups -OCH3 is 1. The number of benzene rings is 2. The summed E-state index contributed by atoms with van der Waals surface area (Å²) in [5.41, 5.74) is 1.84. The second-order valence-electron chi connectivity index (χ2n) is 8.89. The van der Waals surface area contributed by atoms with Crippen LogP contribution in [0.25, 0.3) is 0 Å². The summed E-state index contributed by atoms with van der Waals surface area (Å²) in [6.45, 7) is 3.62. The van der Waals surface area contributed by atoms with Gasteiger partial charge >= 0.3 is 5.97 Å². The molecule has 2 aromatic carbocycles. The Morgan fingerprint density at radius 1 is 1.13 bits per heavy atom. The lowest BCUT2D eigenvalue weighted by Crippen LogP contribution is -2.36. The van der Waals surface area contributed by atoms with Crippen LogP contribution in [0.2, 0.25) is 0 Å². The lowest BCUT2D eigenvalue weighted by atomic mass is 9.90. The first kappa shape index (κ1) is 21.8. The predicted molar refractivity (Wildman–Crippen MR) is 119 cm³/mol. The smallest absolute Gasteiger partial charge is 0.310 e. The maximum Gasteiger partial charge on any atom is 0.310 e. The summed E-state index contributed by atoms with van der Waals surface area (Å²) in [5, 5.41) is 0. The number of rotatable bonds is 9. The highest BCUT2D eigenvalue weighted by Gasteiger charge is 2.39. The van der Waals surface area contributed by atoms with Crippen LogP contribution in [0.3, 0.4) is 0 Å². The van der Waals surface area contributed by atoms with Gasteiger partial charge in [-0.25, -0.2) is 4.39 Å². The summed E-state index contributed by atoms with van der Waals surface area (Å²) in [6, 6.07) is 15.6. The number of hydrogen-bond acceptors (Lipinski definition) is 4. The van der Waals surface area contributed by atoms with Crippen LogP contribution in [0.4, 0.5) is 4.39 Å². The highest BCUT2D eigenvalue weighted by atomic mass is 19.1. The zero-order valence-electron chi connectivity index (χ0n) is 18.3. The van der Waals surface area contributed by atoms with Crippen LogP contribution in [-0.2, 0) is 16.0 Å². The van der Waals surface area contributed by atoms with Gasteiger partial charge in [0.15, 0.2) is 0 Å². The van der Waals surface area contributed by atoms with Gasteiger partial charge in [0.05, 0.1) is 13.5 Å². The van der Waals surface area contributed by atoms with E-state index in [9.17, 15) is 9.18 Å². The quantitative estimate of drug-likeness (QED) is 0.540. The zero-order chi connectivity index (χ0) is 21.6. The Balaban J connectivity index is 1.14. The van der Waals surface area contributed by atoms with E-state index in [1.807, 2.05) is 0 Å². The summed E-state index contributed by atoms with van der Waals surface area (Å²) in [4.78, 5) is 13.8. The van der Waals surface area contributed by atoms with Gasteiger partial charge in [0, 0.05) is 12.6 Å². The zero-order valence-corrected chi connectivity index (χ0v) is 18.3. The van der Waals surface area contributed by atoms with E-state index in [2.05, 4.69) is 40.0 Å². The standard InChI is InChI=1S/C26H32FNO3/c1-30-26(29)17-21-7-8-23(18-25(21)27)31-14-13-28-11-9-19(10-12-28)15-22-16-24(22)20-5-3-2-4-6-20/h2-8,18-19,22,24H,9-17H2,1H3/t22-,24+/m1/s1. The van der Waals surface area contributed by atoms with Crippen LogP contribution in [0.5, 0.6) is 5.75 Å². The van der Waals surface area contributed by atoms with Crippen molar-refractivity contribution in [3.63, 3.8) is 0 Å². The summed E-state index contributed by atoms with van der Waals surface area (Å²) in [5.74, 6) is 2.12. The largest absolute Gasteiger partial charge is 0.492 e. The molecule has 31 heavy (non-hydrogen) atoms. The molecule has 1 saturated heterocycles. The SMILES string of the molecule is COC(=O)Cc1ccc(OCCN2CCC(C[C@@H]3C[C@H]3c3ccccc3)CC2)cc1F. The molecule has 2 aromatic rings. The first-order valence-corrected chi connectivity index (χ1v) is 11.4. The van der Waals surface area contributed by atoms with E-state index in [1.54, 1.807) is 12.1 Å². The van der Waals surface area contributed by atoms with Crippen molar-refractivity contribution >= 4 is 5.97 Å². The normalized spacial score (nSPS) is 21.6. The predicted octanol–water partition coefficient (Wildman–Crippen LogP) is 4.83. The lowest BCUT2D eigenvalue weighted by Gasteiger charge is -2.32. The maximum atomic E-state index is 14.1. The first-order valence-electron chi connectivity index (χ1n) is 11.4. The van der Waals surface area contributed by atoms with Crippen molar-refractivity contribution in [1.29, 1.82) is 0 Å². The third-order valence-electron chi connectivity index (χ3n) is 6.76. The van der Waals surface area contributed by atoms with E-state index in [4.69, 9.17) is 4.74 Å². The number of esters is 1. The fraction of sp³-hybridized carbons (Fsp3) is 0.500. The third-order valence-corrected chi connectivity index (χ3v) is 6.76. The maximum absolute atomic E-state index is 14.1. The number of nitrogens with zero attached hydrogens (tertiary/aromatic N) is 1. The van der Waals surface area contributed by atoms with Crippen LogP contribution < -0.4 is 4.74 Å². The topological polar surface area (TPSA) is 38.8 Å². The van der Waals surface area contributed by atoms with Crippen LogP contribution in [0.1, 0.15) is 42.7 Å². The fourth-order valence-corrected chi connectivity index (χ4v) is 4.77. The molecule has 2 aliphatic rings. The van der Waals surface area contributed by atoms with Gasteiger partial charge in [0.25, 0.3) is 0 Å². The van der Waals surface area contributed by atoms with Crippen molar-refractivity contribution in [3.05, 3.63) is 65.5 Å². The highest BCUT2D eigenvalue weighted by Crippen LogP contribution is 2.51. The number of piperidine rings is 1. The molecule has 0 aromatic heterocycles. The van der Waals surface area contributed by atoms with Crippen molar-refractivity contribution in [1.82, 2.24) is 4.90 Å². The Morgan fingerprint density at radius 2 is 1.90 bits per heavy atom. The summed E-state index contributed by atoms with van der Waals surface area (Å²) < 4.78 is 24.4. The molecule has 5 heteroatoms. The number of ether oxygens (including phenoxy) is 2. The molecule has 4 nitrogen and oxygen atoms in total. The van der Waals surface area contributed by atoms with E-state index in [-0.39, 0.29) is 6.42 Å². The molecule has 0 spiro atoms. The van der Waals surface area contributed by atoms with Gasteiger partial charge in [-0.2, -0.15) is 0 Å². The molecular weight excluding hydrogens is 393 g/mol. The van der Waals surface area contributed by atoms with Gasteiger partial charge in [-0.05, 0) is 73.7 Å². The van der Waals surface area contributed by atoms with Crippen molar-refractivity contribution in [2.45, 2.75) is 38.0 Å². The average molecular weight is 426 g/mol. The molecule has 1 aliphatic heterocycles. The monoisotopic (exact) mass is 425 g/mol. The number of likely N-dealkylation sites (tertiary alicyclic amines) is 1. The molecule has 2 atom stereocenters. The Morgan fingerprint density at radius 3 is 2.61 bits per heavy atom. The summed E-state index contributed by atoms with van der Waals surface area (Å²) in [6.07, 6.45) is 5.17. The second-order valence-corrected chi connectivity index (χ2v) is 8.89. The minimum absolute atomic E-state index is 0.0650. The molecule has 1 saturated carbocycles. The van der Waals surface area contributed by atoms with Crippen LogP contribution >= 0.6 is 0 Å². The molecule has 1 heterocycles. The van der Waals surface area contributed by atoms with E-state index >= 15 is 0 Å². The Bertz CT molecular complexity index is 864. The van der Waals surface area contributed by atoms with E-state index in [0.717, 1.165) is 37.4 Å². The van der Waals surface area contributed by atoms with Gasteiger partial charge in [0.1, 0.15) is 18.2 Å². The van der Waals surface area contributed by atoms with Gasteiger partial charge in [-0.1, -0.05) is 36.4 Å². The van der Waals surface area contributed by atoms with E-state index < -0.39 is 11.8 Å². The molecule has 1 aliphatic carbocycles. The van der Waals surface area contributed by atoms with Crippen LogP contribution in [0.15, 0.2) is 48.5 Å². The second kappa shape index (κ2) is 10.3. The molecule has 2 fully saturated rings. The molecule has 0 bridgehead atoms. The number of carbonyl (C=O) groups excluding carboxylic acids is 1. The fourth-order valence-electron chi connectivity index (χ4n) is 4.77. The van der Waals surface area contributed by atoms with E-state index in [0.29, 0.717) is 17.9 Å². The molecular formula is C26H32FNO3. The minimum Gasteiger partial charge on any atom is -0.492 e. The van der Waals surface area contributed by atoms with Crippen molar-refractivity contribution < 1.29 is 18.7 Å². The lowest BCUT2D eigenvalue weighted by molar-refractivity contribution is -0.139. The van der Waals surface area contributed by atoms with Crippen LogP contribution in [0, 0.1) is 17.7 Å². The van der Waals surface area contributed by atoms with Crippen molar-refractivity contribution in [2.75, 3.05) is 33.4 Å². The Hall–Kier alpha value is -2.40. The molecule has 0 radical (unpaired) electrons. The molecule has 0 N–H and O–H groups in total. The molecule has 4 rings (SSSR count). The molecule has 166 valence electrons. The van der Waals surface area contributed by atoms with Crippen molar-refractivity contribution in [2.24, 2.45) is 11.8 Å². The van der Waals surface area contributed by atoms with Gasteiger partial charge < -0.3 is 9.47 Å². The van der Waals surface area contributed by atoms with Gasteiger partial charge in [0.2, 0.25) is 0 Å². The third kappa shape index (κ3) is 6.07. The summed E-state index contributed by atoms with van der Waals surface area (Å²) in [7, 11) is 1.30. The van der Waals surface area contributed by atoms with Gasteiger partial charge in [-0.3, -0.25) is 9.69 Å². The Labute approximate surface area is 184 Å². The molecule has 0 unspecified atom stereocenters. The average Bonchev–Trinajstić information content (AvgIpc) is 3.56. The highest BCUT2D eigenvalue weighted by molar-refractivity contribution is 5.72.